The number of hydrogen-bond donors (Lipinski definition) is 0. The molecule has 3 aromatic carbocycles. The van der Waals surface area contributed by atoms with Gasteiger partial charge < -0.3 is 4.74 Å². The van der Waals surface area contributed by atoms with Crippen LogP contribution in [-0.2, 0) is 13.0 Å². The molecule has 3 aromatic rings. The molecule has 2 nitrogen and oxygen atoms in total. The zero-order valence-corrected chi connectivity index (χ0v) is 13.4. The first-order valence-electron chi connectivity index (χ1n) is 8.23. The van der Waals surface area contributed by atoms with Crippen LogP contribution in [0.2, 0.25) is 0 Å². The maximum atomic E-state index is 11.9. The predicted octanol–water partition coefficient (Wildman–Crippen LogP) is 5.06. The monoisotopic (exact) mass is 314 g/mol. The van der Waals surface area contributed by atoms with Crippen LogP contribution in [0.25, 0.3) is 11.1 Å². The summed E-state index contributed by atoms with van der Waals surface area (Å²) in [7, 11) is 0. The number of carbonyl (C=O) groups excluding carboxylic acids is 1. The highest BCUT2D eigenvalue weighted by atomic mass is 16.5. The van der Waals surface area contributed by atoms with E-state index in [1.807, 2.05) is 42.5 Å². The van der Waals surface area contributed by atoms with E-state index >= 15 is 0 Å². The first kappa shape index (κ1) is 14.7. The number of ketones is 1. The van der Waals surface area contributed by atoms with Crippen molar-refractivity contribution in [1.82, 2.24) is 0 Å². The van der Waals surface area contributed by atoms with Crippen LogP contribution in [0.15, 0.2) is 72.8 Å². The fourth-order valence-electron chi connectivity index (χ4n) is 3.23. The van der Waals surface area contributed by atoms with E-state index in [2.05, 4.69) is 30.3 Å². The highest BCUT2D eigenvalue weighted by Gasteiger charge is 2.22. The number of fused-ring (bicyclic) bond motifs is 1. The minimum atomic E-state index is 0.259. The van der Waals surface area contributed by atoms with E-state index in [1.165, 1.54) is 5.56 Å². The van der Waals surface area contributed by atoms with E-state index in [1.54, 1.807) is 0 Å². The van der Waals surface area contributed by atoms with Crippen LogP contribution in [-0.4, -0.2) is 5.78 Å². The average molecular weight is 314 g/mol. The normalized spacial score (nSPS) is 12.9. The summed E-state index contributed by atoms with van der Waals surface area (Å²) in [6.07, 6.45) is 1.47. The van der Waals surface area contributed by atoms with Crippen molar-refractivity contribution in [3.8, 4) is 16.9 Å². The molecule has 0 bridgehead atoms. The summed E-state index contributed by atoms with van der Waals surface area (Å²) < 4.78 is 5.84. The number of Topliss-reactive ketones (excluding diaryl/α,β-unsaturated/α-hetero) is 1. The minimum absolute atomic E-state index is 0.259. The van der Waals surface area contributed by atoms with Gasteiger partial charge in [0.15, 0.2) is 5.78 Å². The first-order valence-corrected chi connectivity index (χ1v) is 8.23. The molecule has 1 aliphatic rings. The van der Waals surface area contributed by atoms with E-state index in [0.717, 1.165) is 34.4 Å². The summed E-state index contributed by atoms with van der Waals surface area (Å²) in [4.78, 5) is 11.9. The van der Waals surface area contributed by atoms with Crippen LogP contribution in [0.1, 0.15) is 27.9 Å². The largest absolute Gasteiger partial charge is 0.489 e. The van der Waals surface area contributed by atoms with Crippen molar-refractivity contribution in [3.05, 3.63) is 89.5 Å². The van der Waals surface area contributed by atoms with Gasteiger partial charge >= 0.3 is 0 Å². The Morgan fingerprint density at radius 3 is 2.29 bits per heavy atom. The lowest BCUT2D eigenvalue weighted by Crippen LogP contribution is -1.95. The van der Waals surface area contributed by atoms with Crippen LogP contribution in [0.4, 0.5) is 0 Å². The lowest BCUT2D eigenvalue weighted by molar-refractivity contribution is 0.0994. The van der Waals surface area contributed by atoms with Gasteiger partial charge in [-0.15, -0.1) is 0 Å². The van der Waals surface area contributed by atoms with Gasteiger partial charge in [-0.2, -0.15) is 0 Å². The van der Waals surface area contributed by atoms with Crippen molar-refractivity contribution >= 4 is 5.78 Å². The number of ether oxygens (including phenoxy) is 1. The Hall–Kier alpha value is -2.87. The van der Waals surface area contributed by atoms with Crippen LogP contribution < -0.4 is 4.74 Å². The second-order valence-electron chi connectivity index (χ2n) is 6.05. The maximum absolute atomic E-state index is 11.9. The minimum Gasteiger partial charge on any atom is -0.489 e. The fourth-order valence-corrected chi connectivity index (χ4v) is 3.23. The molecule has 0 heterocycles. The number of benzene rings is 3. The van der Waals surface area contributed by atoms with Crippen molar-refractivity contribution in [2.75, 3.05) is 0 Å². The fraction of sp³-hybridized carbons (Fsp3) is 0.136. The molecule has 0 aliphatic heterocycles. The Kier molecular flexibility index (Phi) is 3.87. The molecule has 4 rings (SSSR count). The van der Waals surface area contributed by atoms with Crippen molar-refractivity contribution < 1.29 is 9.53 Å². The van der Waals surface area contributed by atoms with Gasteiger partial charge in [-0.3, -0.25) is 4.79 Å². The molecule has 0 atom stereocenters. The third kappa shape index (κ3) is 2.83. The van der Waals surface area contributed by atoms with Crippen molar-refractivity contribution in [2.24, 2.45) is 0 Å². The molecular formula is C22H18O2. The molecule has 0 aromatic heterocycles. The molecule has 24 heavy (non-hydrogen) atoms. The molecule has 0 fully saturated rings. The van der Waals surface area contributed by atoms with E-state index in [9.17, 15) is 4.79 Å². The molecule has 0 unspecified atom stereocenters. The molecule has 0 saturated heterocycles. The molecule has 0 radical (unpaired) electrons. The molecule has 0 amide bonds. The summed E-state index contributed by atoms with van der Waals surface area (Å²) in [6.45, 7) is 0.565. The second kappa shape index (κ2) is 6.32. The van der Waals surface area contributed by atoms with Crippen LogP contribution in [0.5, 0.6) is 5.75 Å². The topological polar surface area (TPSA) is 26.3 Å². The molecule has 2 heteroatoms. The number of rotatable bonds is 4. The molecule has 0 N–H and O–H groups in total. The first-order chi connectivity index (χ1) is 11.8. The Bertz CT molecular complexity index is 864. The molecule has 0 saturated carbocycles. The highest BCUT2D eigenvalue weighted by molar-refractivity contribution is 6.02. The molecular weight excluding hydrogens is 296 g/mol. The number of hydrogen-bond acceptors (Lipinski definition) is 2. The Balaban J connectivity index is 1.54. The van der Waals surface area contributed by atoms with Crippen LogP contribution in [0, 0.1) is 0 Å². The van der Waals surface area contributed by atoms with Gasteiger partial charge in [0.05, 0.1) is 0 Å². The van der Waals surface area contributed by atoms with Gasteiger partial charge in [0.1, 0.15) is 12.4 Å². The quantitative estimate of drug-likeness (QED) is 0.672. The van der Waals surface area contributed by atoms with Gasteiger partial charge in [0, 0.05) is 12.0 Å². The number of carbonyl (C=O) groups is 1. The van der Waals surface area contributed by atoms with E-state index in [4.69, 9.17) is 4.74 Å². The zero-order valence-electron chi connectivity index (χ0n) is 13.4. The Labute approximate surface area is 141 Å². The third-order valence-electron chi connectivity index (χ3n) is 4.49. The van der Waals surface area contributed by atoms with Gasteiger partial charge in [0.2, 0.25) is 0 Å². The van der Waals surface area contributed by atoms with Gasteiger partial charge in [-0.25, -0.2) is 0 Å². The molecule has 1 aliphatic carbocycles. The Morgan fingerprint density at radius 1 is 0.750 bits per heavy atom. The standard InChI is InChI=1S/C22H18O2/c23-22-14-13-20-19(7-4-8-21(20)22)17-9-11-18(12-10-17)24-15-16-5-2-1-3-6-16/h1-12H,13-15H2. The predicted molar refractivity (Wildman–Crippen MR) is 95.3 cm³/mol. The van der Waals surface area contributed by atoms with Crippen LogP contribution >= 0.6 is 0 Å². The summed E-state index contributed by atoms with van der Waals surface area (Å²) in [5.74, 6) is 1.11. The molecule has 118 valence electrons. The van der Waals surface area contributed by atoms with E-state index in [0.29, 0.717) is 13.0 Å². The maximum Gasteiger partial charge on any atom is 0.163 e. The van der Waals surface area contributed by atoms with Gasteiger partial charge in [-0.05, 0) is 40.8 Å². The third-order valence-corrected chi connectivity index (χ3v) is 4.49. The Morgan fingerprint density at radius 2 is 1.50 bits per heavy atom. The lowest BCUT2D eigenvalue weighted by Gasteiger charge is -2.10. The zero-order chi connectivity index (χ0) is 16.4. The summed E-state index contributed by atoms with van der Waals surface area (Å²) in [6, 6.07) is 24.3. The SMILES string of the molecule is O=C1CCc2c1cccc2-c1ccc(OCc2ccccc2)cc1. The van der Waals surface area contributed by atoms with Crippen molar-refractivity contribution in [3.63, 3.8) is 0 Å². The van der Waals surface area contributed by atoms with Gasteiger partial charge in [-0.1, -0.05) is 60.7 Å². The van der Waals surface area contributed by atoms with E-state index < -0.39 is 0 Å². The summed E-state index contributed by atoms with van der Waals surface area (Å²) in [5, 5.41) is 0. The smallest absolute Gasteiger partial charge is 0.163 e. The lowest BCUT2D eigenvalue weighted by atomic mass is 9.97. The van der Waals surface area contributed by atoms with Gasteiger partial charge in [0.25, 0.3) is 0 Å². The van der Waals surface area contributed by atoms with Crippen LogP contribution in [0.3, 0.4) is 0 Å². The van der Waals surface area contributed by atoms with E-state index in [-0.39, 0.29) is 5.78 Å². The van der Waals surface area contributed by atoms with Crippen molar-refractivity contribution in [1.29, 1.82) is 0 Å². The summed E-state index contributed by atoms with van der Waals surface area (Å²) >= 11 is 0. The average Bonchev–Trinajstić information content (AvgIpc) is 3.03. The summed E-state index contributed by atoms with van der Waals surface area (Å²) in [5.41, 5.74) is 5.51. The van der Waals surface area contributed by atoms with Crippen molar-refractivity contribution in [2.45, 2.75) is 19.4 Å². The second-order valence-corrected chi connectivity index (χ2v) is 6.05. The molecule has 0 spiro atoms. The highest BCUT2D eigenvalue weighted by Crippen LogP contribution is 2.33.